The molecule has 0 unspecified atom stereocenters. The van der Waals surface area contributed by atoms with Gasteiger partial charge in [-0.2, -0.15) is 4.52 Å². The highest BCUT2D eigenvalue weighted by atomic mass is 32.1. The Bertz CT molecular complexity index is 950. The van der Waals surface area contributed by atoms with Crippen molar-refractivity contribution in [2.75, 3.05) is 12.1 Å². The molecule has 0 amide bonds. The number of fused-ring (bicyclic) bond motifs is 2. The third kappa shape index (κ3) is 2.50. The summed E-state index contributed by atoms with van der Waals surface area (Å²) in [5, 5.41) is 8.23. The van der Waals surface area contributed by atoms with Gasteiger partial charge in [0.1, 0.15) is 0 Å². The van der Waals surface area contributed by atoms with E-state index in [9.17, 15) is 4.79 Å². The number of rotatable bonds is 3. The summed E-state index contributed by atoms with van der Waals surface area (Å²) in [5.41, 5.74) is 1.56. The number of nitrogens with zero attached hydrogens (tertiary/aromatic N) is 3. The molecule has 0 aliphatic carbocycles. The fraction of sp³-hybridized carbons (Fsp3) is 0.267. The van der Waals surface area contributed by atoms with Crippen LogP contribution in [0.25, 0.3) is 4.96 Å². The lowest BCUT2D eigenvalue weighted by Crippen LogP contribution is -2.14. The van der Waals surface area contributed by atoms with Gasteiger partial charge in [0.05, 0.1) is 6.04 Å². The molecule has 4 rings (SSSR count). The second-order valence-electron chi connectivity index (χ2n) is 5.32. The monoisotopic (exact) mass is 330 g/mol. The number of nitrogens with one attached hydrogen (secondary N) is 1. The van der Waals surface area contributed by atoms with Crippen molar-refractivity contribution in [1.29, 1.82) is 0 Å². The lowest BCUT2D eigenvalue weighted by molar-refractivity contribution is 0.174. The third-order valence-electron chi connectivity index (χ3n) is 3.61. The van der Waals surface area contributed by atoms with Crippen LogP contribution < -0.4 is 20.3 Å². The smallest absolute Gasteiger partial charge is 0.275 e. The van der Waals surface area contributed by atoms with Crippen LogP contribution in [-0.4, -0.2) is 21.4 Å². The van der Waals surface area contributed by atoms with Crippen LogP contribution in [0.15, 0.2) is 29.1 Å². The van der Waals surface area contributed by atoms with Crippen LogP contribution >= 0.6 is 11.3 Å². The molecular formula is C15H14N4O3S. The maximum Gasteiger partial charge on any atom is 0.275 e. The highest BCUT2D eigenvalue weighted by Gasteiger charge is 2.17. The number of ether oxygens (including phenoxy) is 2. The zero-order valence-corrected chi connectivity index (χ0v) is 13.4. The van der Waals surface area contributed by atoms with E-state index in [1.165, 1.54) is 21.9 Å². The lowest BCUT2D eigenvalue weighted by atomic mass is 10.1. The molecule has 0 spiro atoms. The molecule has 3 aromatic rings. The molecule has 1 aliphatic heterocycles. The van der Waals surface area contributed by atoms with Crippen LogP contribution in [0.1, 0.15) is 24.2 Å². The standard InChI is InChI=1S/C15H14N4O3S/c1-8-5-13(20)19-15(16-8)23-14(18-19)17-9(2)10-3-4-11-12(6-10)22-7-21-11/h3-6,9H,7H2,1-2H3,(H,17,18)/t9-/m1/s1. The van der Waals surface area contributed by atoms with Crippen molar-refractivity contribution >= 4 is 21.4 Å². The molecule has 2 aromatic heterocycles. The molecule has 1 atom stereocenters. The summed E-state index contributed by atoms with van der Waals surface area (Å²) < 4.78 is 12.0. The minimum atomic E-state index is -0.174. The Kier molecular flexibility index (Phi) is 3.19. The first-order chi connectivity index (χ1) is 11.1. The lowest BCUT2D eigenvalue weighted by Gasteiger charge is -2.13. The van der Waals surface area contributed by atoms with Gasteiger partial charge in [-0.15, -0.1) is 5.10 Å². The maximum atomic E-state index is 11.9. The molecule has 0 saturated carbocycles. The van der Waals surface area contributed by atoms with Crippen LogP contribution in [-0.2, 0) is 0 Å². The molecular weight excluding hydrogens is 316 g/mol. The summed E-state index contributed by atoms with van der Waals surface area (Å²) in [6.45, 7) is 4.07. The van der Waals surface area contributed by atoms with E-state index in [4.69, 9.17) is 9.47 Å². The fourth-order valence-electron chi connectivity index (χ4n) is 2.43. The third-order valence-corrected chi connectivity index (χ3v) is 4.45. The molecule has 0 radical (unpaired) electrons. The largest absolute Gasteiger partial charge is 0.454 e. The van der Waals surface area contributed by atoms with E-state index in [1.54, 1.807) is 6.92 Å². The van der Waals surface area contributed by atoms with Gasteiger partial charge in [-0.1, -0.05) is 17.4 Å². The summed E-state index contributed by atoms with van der Waals surface area (Å²) in [5.74, 6) is 1.50. The summed E-state index contributed by atoms with van der Waals surface area (Å²) in [6, 6.07) is 7.29. The zero-order chi connectivity index (χ0) is 16.0. The second kappa shape index (κ2) is 5.24. The molecule has 0 fully saturated rings. The van der Waals surface area contributed by atoms with Gasteiger partial charge in [0, 0.05) is 11.8 Å². The molecule has 1 N–H and O–H groups in total. The molecule has 1 aromatic carbocycles. The summed E-state index contributed by atoms with van der Waals surface area (Å²) in [6.07, 6.45) is 0. The highest BCUT2D eigenvalue weighted by Crippen LogP contribution is 2.35. The number of hydrogen-bond acceptors (Lipinski definition) is 7. The molecule has 0 bridgehead atoms. The normalized spacial score (nSPS) is 14.2. The van der Waals surface area contributed by atoms with Crippen molar-refractivity contribution < 1.29 is 9.47 Å². The van der Waals surface area contributed by atoms with Gasteiger partial charge in [-0.3, -0.25) is 4.79 Å². The van der Waals surface area contributed by atoms with Crippen molar-refractivity contribution in [2.45, 2.75) is 19.9 Å². The molecule has 3 heterocycles. The summed E-state index contributed by atoms with van der Waals surface area (Å²) >= 11 is 1.35. The number of anilines is 1. The number of hydrogen-bond donors (Lipinski definition) is 1. The van der Waals surface area contributed by atoms with Crippen LogP contribution in [0.2, 0.25) is 0 Å². The average molecular weight is 330 g/mol. The van der Waals surface area contributed by atoms with Gasteiger partial charge >= 0.3 is 0 Å². The maximum absolute atomic E-state index is 11.9. The van der Waals surface area contributed by atoms with E-state index in [1.807, 2.05) is 25.1 Å². The number of aromatic nitrogens is 3. The van der Waals surface area contributed by atoms with Gasteiger partial charge in [-0.25, -0.2) is 4.98 Å². The van der Waals surface area contributed by atoms with Crippen LogP contribution in [0.5, 0.6) is 11.5 Å². The van der Waals surface area contributed by atoms with E-state index in [0.717, 1.165) is 17.1 Å². The van der Waals surface area contributed by atoms with Crippen molar-refractivity contribution in [3.8, 4) is 11.5 Å². The number of aryl methyl sites for hydroxylation is 1. The van der Waals surface area contributed by atoms with Gasteiger partial charge in [0.2, 0.25) is 16.9 Å². The Labute approximate surface area is 135 Å². The molecule has 8 heteroatoms. The van der Waals surface area contributed by atoms with E-state index >= 15 is 0 Å². The second-order valence-corrected chi connectivity index (χ2v) is 6.27. The Morgan fingerprint density at radius 3 is 3.00 bits per heavy atom. The van der Waals surface area contributed by atoms with E-state index in [-0.39, 0.29) is 18.4 Å². The molecule has 0 saturated heterocycles. The minimum absolute atomic E-state index is 0.00172. The fourth-order valence-corrected chi connectivity index (χ4v) is 3.37. The van der Waals surface area contributed by atoms with Crippen molar-refractivity contribution in [2.24, 2.45) is 0 Å². The topological polar surface area (TPSA) is 77.8 Å². The van der Waals surface area contributed by atoms with Crippen LogP contribution in [0.3, 0.4) is 0 Å². The summed E-state index contributed by atoms with van der Waals surface area (Å²) in [7, 11) is 0. The molecule has 1 aliphatic rings. The predicted octanol–water partition coefficient (Wildman–Crippen LogP) is 2.36. The van der Waals surface area contributed by atoms with Gasteiger partial charge < -0.3 is 14.8 Å². The van der Waals surface area contributed by atoms with E-state index in [0.29, 0.717) is 15.8 Å². The van der Waals surface area contributed by atoms with Gasteiger partial charge in [-0.05, 0) is 31.5 Å². The van der Waals surface area contributed by atoms with Gasteiger partial charge in [0.15, 0.2) is 11.5 Å². The van der Waals surface area contributed by atoms with Crippen LogP contribution in [0, 0.1) is 6.92 Å². The molecule has 23 heavy (non-hydrogen) atoms. The summed E-state index contributed by atoms with van der Waals surface area (Å²) in [4.78, 5) is 16.8. The van der Waals surface area contributed by atoms with Crippen molar-refractivity contribution in [3.63, 3.8) is 0 Å². The van der Waals surface area contributed by atoms with Crippen molar-refractivity contribution in [1.82, 2.24) is 14.6 Å². The van der Waals surface area contributed by atoms with Gasteiger partial charge in [0.25, 0.3) is 5.56 Å². The SMILES string of the molecule is Cc1cc(=O)n2nc(N[C@H](C)c3ccc4c(c3)OCO4)sc2n1. The first-order valence-electron chi connectivity index (χ1n) is 7.14. The Hall–Kier alpha value is -2.61. The predicted molar refractivity (Wildman–Crippen MR) is 86.5 cm³/mol. The Morgan fingerprint density at radius 2 is 2.13 bits per heavy atom. The molecule has 118 valence electrons. The minimum Gasteiger partial charge on any atom is -0.454 e. The average Bonchev–Trinajstić information content (AvgIpc) is 3.12. The first kappa shape index (κ1) is 14.0. The Morgan fingerprint density at radius 1 is 1.30 bits per heavy atom. The van der Waals surface area contributed by atoms with E-state index in [2.05, 4.69) is 15.4 Å². The molecule has 7 nitrogen and oxygen atoms in total. The highest BCUT2D eigenvalue weighted by molar-refractivity contribution is 7.20. The quantitative estimate of drug-likeness (QED) is 0.794. The number of benzene rings is 1. The zero-order valence-electron chi connectivity index (χ0n) is 12.6. The first-order valence-corrected chi connectivity index (χ1v) is 7.95. The Balaban J connectivity index is 1.62. The van der Waals surface area contributed by atoms with Crippen LogP contribution in [0.4, 0.5) is 5.13 Å². The van der Waals surface area contributed by atoms with E-state index < -0.39 is 0 Å². The van der Waals surface area contributed by atoms with Crippen molar-refractivity contribution in [3.05, 3.63) is 45.9 Å².